The van der Waals surface area contributed by atoms with Crippen molar-refractivity contribution < 1.29 is 8.78 Å². The molecule has 0 unspecified atom stereocenters. The molecule has 1 aromatic heterocycles. The van der Waals surface area contributed by atoms with Gasteiger partial charge in [-0.3, -0.25) is 0 Å². The summed E-state index contributed by atoms with van der Waals surface area (Å²) in [6, 6.07) is 3.47. The van der Waals surface area contributed by atoms with Crippen LogP contribution in [0, 0.1) is 11.6 Å². The van der Waals surface area contributed by atoms with E-state index >= 15 is 0 Å². The van der Waals surface area contributed by atoms with Crippen molar-refractivity contribution in [3.05, 3.63) is 35.0 Å². The Morgan fingerprint density at radius 1 is 1.14 bits per heavy atom. The van der Waals surface area contributed by atoms with E-state index in [1.807, 2.05) is 0 Å². The molecule has 1 aromatic carbocycles. The van der Waals surface area contributed by atoms with Crippen molar-refractivity contribution in [1.82, 2.24) is 4.98 Å². The molecule has 0 aliphatic heterocycles. The number of aromatic nitrogens is 1. The summed E-state index contributed by atoms with van der Waals surface area (Å²) in [5.74, 6) is -1.88. The molecule has 5 heteroatoms. The van der Waals surface area contributed by atoms with Crippen LogP contribution in [0.1, 0.15) is 0 Å². The minimum Gasteiger partial charge on any atom is -0.396 e. The van der Waals surface area contributed by atoms with Gasteiger partial charge in [-0.1, -0.05) is 11.6 Å². The predicted octanol–water partition coefficient (Wildman–Crippen LogP) is 2.75. The molecule has 0 bridgehead atoms. The van der Waals surface area contributed by atoms with Crippen molar-refractivity contribution in [2.24, 2.45) is 0 Å². The Morgan fingerprint density at radius 3 is 2.50 bits per heavy atom. The molecule has 2 rings (SSSR count). The van der Waals surface area contributed by atoms with Crippen molar-refractivity contribution in [2.75, 3.05) is 5.73 Å². The monoisotopic (exact) mass is 214 g/mol. The maximum Gasteiger partial charge on any atom is 0.161 e. The van der Waals surface area contributed by atoms with Gasteiger partial charge in [-0.15, -0.1) is 0 Å². The number of anilines is 1. The van der Waals surface area contributed by atoms with Crippen molar-refractivity contribution in [3.63, 3.8) is 0 Å². The van der Waals surface area contributed by atoms with Gasteiger partial charge in [0.2, 0.25) is 0 Å². The smallest absolute Gasteiger partial charge is 0.161 e. The Kier molecular flexibility index (Phi) is 2.00. The van der Waals surface area contributed by atoms with E-state index < -0.39 is 11.6 Å². The van der Waals surface area contributed by atoms with Crippen LogP contribution >= 0.6 is 11.6 Å². The summed E-state index contributed by atoms with van der Waals surface area (Å²) < 4.78 is 25.6. The van der Waals surface area contributed by atoms with E-state index in [1.165, 1.54) is 6.07 Å². The second kappa shape index (κ2) is 3.06. The number of pyridine rings is 1. The summed E-state index contributed by atoms with van der Waals surface area (Å²) in [5.41, 5.74) is 5.98. The summed E-state index contributed by atoms with van der Waals surface area (Å²) in [5, 5.41) is 0.509. The molecule has 2 aromatic rings. The van der Waals surface area contributed by atoms with Gasteiger partial charge in [0.25, 0.3) is 0 Å². The number of hydrogen-bond acceptors (Lipinski definition) is 2. The quantitative estimate of drug-likeness (QED) is 0.685. The van der Waals surface area contributed by atoms with Crippen LogP contribution in [0.2, 0.25) is 5.15 Å². The van der Waals surface area contributed by atoms with Crippen molar-refractivity contribution in [1.29, 1.82) is 0 Å². The van der Waals surface area contributed by atoms with Gasteiger partial charge < -0.3 is 5.73 Å². The molecule has 0 spiro atoms. The van der Waals surface area contributed by atoms with Crippen LogP contribution in [0.5, 0.6) is 0 Å². The van der Waals surface area contributed by atoms with Crippen LogP contribution in [0.15, 0.2) is 18.2 Å². The van der Waals surface area contributed by atoms with Gasteiger partial charge in [0.1, 0.15) is 0 Å². The molecular weight excluding hydrogens is 210 g/mol. The lowest BCUT2D eigenvalue weighted by Crippen LogP contribution is -1.92. The lowest BCUT2D eigenvalue weighted by Gasteiger charge is -2.01. The highest BCUT2D eigenvalue weighted by Crippen LogP contribution is 2.23. The second-order valence-electron chi connectivity index (χ2n) is 2.83. The molecular formula is C9H5ClF2N2. The highest BCUT2D eigenvalue weighted by molar-refractivity contribution is 6.32. The highest BCUT2D eigenvalue weighted by atomic mass is 35.5. The highest BCUT2D eigenvalue weighted by Gasteiger charge is 2.07. The van der Waals surface area contributed by atoms with E-state index in [1.54, 1.807) is 0 Å². The Hall–Kier alpha value is -1.42. The molecule has 0 saturated carbocycles. The fourth-order valence-electron chi connectivity index (χ4n) is 1.16. The maximum absolute atomic E-state index is 12.8. The summed E-state index contributed by atoms with van der Waals surface area (Å²) in [6.07, 6.45) is 0. The van der Waals surface area contributed by atoms with E-state index in [2.05, 4.69) is 4.98 Å². The van der Waals surface area contributed by atoms with Gasteiger partial charge in [0, 0.05) is 11.5 Å². The van der Waals surface area contributed by atoms with E-state index in [0.717, 1.165) is 12.1 Å². The van der Waals surface area contributed by atoms with E-state index in [9.17, 15) is 8.78 Å². The molecule has 0 amide bonds. The van der Waals surface area contributed by atoms with Crippen LogP contribution in [0.3, 0.4) is 0 Å². The number of halogens is 3. The van der Waals surface area contributed by atoms with Crippen molar-refractivity contribution in [3.8, 4) is 0 Å². The van der Waals surface area contributed by atoms with E-state index in [-0.39, 0.29) is 16.4 Å². The molecule has 0 aliphatic carbocycles. The maximum atomic E-state index is 12.8. The second-order valence-corrected chi connectivity index (χ2v) is 3.19. The number of rotatable bonds is 0. The standard InChI is InChI=1S/C9H5ClF2N2/c10-9-7(13)2-4-1-5(11)6(12)3-8(4)14-9/h1-3H,13H2. The summed E-state index contributed by atoms with van der Waals surface area (Å²) >= 11 is 5.63. The molecule has 0 saturated heterocycles. The van der Waals surface area contributed by atoms with Crippen molar-refractivity contribution in [2.45, 2.75) is 0 Å². The molecule has 72 valence electrons. The lowest BCUT2D eigenvalue weighted by molar-refractivity contribution is 0.510. The zero-order valence-corrected chi connectivity index (χ0v) is 7.65. The van der Waals surface area contributed by atoms with Gasteiger partial charge in [0.15, 0.2) is 16.8 Å². The Balaban J connectivity index is 2.83. The third-order valence-corrected chi connectivity index (χ3v) is 2.14. The van der Waals surface area contributed by atoms with Crippen LogP contribution in [0.4, 0.5) is 14.5 Å². The van der Waals surface area contributed by atoms with E-state index in [4.69, 9.17) is 17.3 Å². The minimum atomic E-state index is -0.953. The molecule has 0 aliphatic rings. The zero-order chi connectivity index (χ0) is 10.3. The number of nitrogens with two attached hydrogens (primary N) is 1. The van der Waals surface area contributed by atoms with E-state index in [0.29, 0.717) is 5.39 Å². The van der Waals surface area contributed by atoms with Gasteiger partial charge >= 0.3 is 0 Å². The topological polar surface area (TPSA) is 38.9 Å². The molecule has 0 atom stereocenters. The Morgan fingerprint density at radius 2 is 1.79 bits per heavy atom. The average Bonchev–Trinajstić information content (AvgIpc) is 2.11. The molecule has 14 heavy (non-hydrogen) atoms. The van der Waals surface area contributed by atoms with Gasteiger partial charge in [-0.05, 0) is 12.1 Å². The van der Waals surface area contributed by atoms with Gasteiger partial charge in [0.05, 0.1) is 11.2 Å². The Bertz CT molecular complexity index is 424. The fourth-order valence-corrected chi connectivity index (χ4v) is 1.31. The average molecular weight is 215 g/mol. The molecule has 2 N–H and O–H groups in total. The fraction of sp³-hybridized carbons (Fsp3) is 0. The molecule has 2 nitrogen and oxygen atoms in total. The Labute approximate surface area is 83.3 Å². The van der Waals surface area contributed by atoms with Crippen LogP contribution in [-0.2, 0) is 0 Å². The number of benzene rings is 1. The number of hydrogen-bond donors (Lipinski definition) is 1. The van der Waals surface area contributed by atoms with Crippen LogP contribution in [0.25, 0.3) is 10.9 Å². The predicted molar refractivity (Wildman–Crippen MR) is 51.1 cm³/mol. The largest absolute Gasteiger partial charge is 0.396 e. The SMILES string of the molecule is Nc1cc2cc(F)c(F)cc2nc1Cl. The van der Waals surface area contributed by atoms with Crippen LogP contribution in [-0.4, -0.2) is 4.98 Å². The number of fused-ring (bicyclic) bond motifs is 1. The summed E-state index contributed by atoms with van der Waals surface area (Å²) in [6.45, 7) is 0. The van der Waals surface area contributed by atoms with Gasteiger partial charge in [-0.25, -0.2) is 13.8 Å². The lowest BCUT2D eigenvalue weighted by atomic mass is 10.2. The van der Waals surface area contributed by atoms with Crippen LogP contribution < -0.4 is 5.73 Å². The minimum absolute atomic E-state index is 0.0866. The normalized spacial score (nSPS) is 10.8. The van der Waals surface area contributed by atoms with Crippen molar-refractivity contribution >= 4 is 28.2 Å². The van der Waals surface area contributed by atoms with Gasteiger partial charge in [-0.2, -0.15) is 0 Å². The first-order chi connectivity index (χ1) is 6.58. The number of nitrogens with zero attached hydrogens (tertiary/aromatic N) is 1. The summed E-state index contributed by atoms with van der Waals surface area (Å²) in [7, 11) is 0. The third-order valence-electron chi connectivity index (χ3n) is 1.84. The first-order valence-electron chi connectivity index (χ1n) is 3.78. The third kappa shape index (κ3) is 1.37. The first kappa shape index (κ1) is 9.15. The molecule has 0 radical (unpaired) electrons. The summed E-state index contributed by atoms with van der Waals surface area (Å²) in [4.78, 5) is 3.81. The first-order valence-corrected chi connectivity index (χ1v) is 4.16. The zero-order valence-electron chi connectivity index (χ0n) is 6.89. The number of nitrogen functional groups attached to an aromatic ring is 1. The molecule has 1 heterocycles. The molecule has 0 fully saturated rings.